The van der Waals surface area contributed by atoms with Crippen molar-refractivity contribution in [3.8, 4) is 0 Å². The number of anilines is 1. The first-order chi connectivity index (χ1) is 6.59. The summed E-state index contributed by atoms with van der Waals surface area (Å²) in [4.78, 5) is 11.3. The van der Waals surface area contributed by atoms with Gasteiger partial charge >= 0.3 is 0 Å². The fourth-order valence-corrected chi connectivity index (χ4v) is 1.67. The van der Waals surface area contributed by atoms with Crippen molar-refractivity contribution in [3.05, 3.63) is 28.8 Å². The van der Waals surface area contributed by atoms with Crippen LogP contribution in [0, 0.1) is 0 Å². The summed E-state index contributed by atoms with van der Waals surface area (Å²) in [6, 6.07) is 4.33. The van der Waals surface area contributed by atoms with Gasteiger partial charge in [-0.3, -0.25) is 10.0 Å². The van der Waals surface area contributed by atoms with Crippen LogP contribution >= 0.6 is 11.6 Å². The van der Waals surface area contributed by atoms with Crippen molar-refractivity contribution >= 4 is 23.2 Å². The predicted octanol–water partition coefficient (Wildman–Crippen LogP) is 0.946. The van der Waals surface area contributed by atoms with Gasteiger partial charge < -0.3 is 5.73 Å². The highest BCUT2D eigenvalue weighted by atomic mass is 35.5. The van der Waals surface area contributed by atoms with Crippen molar-refractivity contribution in [1.29, 1.82) is 0 Å². The molecule has 74 valence electrons. The van der Waals surface area contributed by atoms with Gasteiger partial charge in [-0.15, -0.1) is 0 Å². The molecule has 5 heteroatoms. The van der Waals surface area contributed by atoms with Crippen molar-refractivity contribution in [2.24, 2.45) is 5.73 Å². The summed E-state index contributed by atoms with van der Waals surface area (Å²) in [6.07, 6.45) is 0.433. The lowest BCUT2D eigenvalue weighted by molar-refractivity contribution is -0.125. The third kappa shape index (κ3) is 1.37. The molecule has 0 saturated heterocycles. The second-order valence-electron chi connectivity index (χ2n) is 3.23. The molecule has 1 aliphatic heterocycles. The van der Waals surface area contributed by atoms with E-state index in [1.807, 2.05) is 0 Å². The van der Waals surface area contributed by atoms with Gasteiger partial charge in [0, 0.05) is 5.02 Å². The van der Waals surface area contributed by atoms with E-state index < -0.39 is 11.9 Å². The second-order valence-corrected chi connectivity index (χ2v) is 3.67. The molecule has 2 rings (SSSR count). The number of carbonyl (C=O) groups is 1. The van der Waals surface area contributed by atoms with Crippen molar-refractivity contribution in [2.45, 2.75) is 12.5 Å². The second kappa shape index (κ2) is 3.24. The van der Waals surface area contributed by atoms with Crippen LogP contribution in [0.3, 0.4) is 0 Å². The molecule has 14 heavy (non-hydrogen) atoms. The molecule has 0 radical (unpaired) electrons. The lowest BCUT2D eigenvalue weighted by atomic mass is 9.99. The minimum Gasteiger partial charge on any atom is -0.320 e. The van der Waals surface area contributed by atoms with E-state index >= 15 is 0 Å². The highest BCUT2D eigenvalue weighted by molar-refractivity contribution is 6.31. The number of nitrogens with two attached hydrogens (primary N) is 1. The molecule has 0 aromatic heterocycles. The van der Waals surface area contributed by atoms with Gasteiger partial charge in [-0.05, 0) is 24.1 Å². The van der Waals surface area contributed by atoms with Gasteiger partial charge in [-0.25, -0.2) is 0 Å². The van der Waals surface area contributed by atoms with Gasteiger partial charge in [0.25, 0.3) is 5.91 Å². The smallest absolute Gasteiger partial charge is 0.267 e. The summed E-state index contributed by atoms with van der Waals surface area (Å²) in [6.45, 7) is 0. The fourth-order valence-electron chi connectivity index (χ4n) is 1.51. The van der Waals surface area contributed by atoms with Crippen LogP contribution in [-0.2, 0) is 11.2 Å². The first kappa shape index (κ1) is 9.45. The van der Waals surface area contributed by atoms with Crippen molar-refractivity contribution in [1.82, 2.24) is 0 Å². The molecule has 1 aromatic carbocycles. The number of hydrogen-bond acceptors (Lipinski definition) is 3. The summed E-state index contributed by atoms with van der Waals surface area (Å²) >= 11 is 5.75. The van der Waals surface area contributed by atoms with E-state index in [0.29, 0.717) is 22.2 Å². The maximum Gasteiger partial charge on any atom is 0.267 e. The molecule has 3 N–H and O–H groups in total. The highest BCUT2D eigenvalue weighted by Gasteiger charge is 2.29. The highest BCUT2D eigenvalue weighted by Crippen LogP contribution is 2.28. The topological polar surface area (TPSA) is 66.6 Å². The quantitative estimate of drug-likeness (QED) is 0.630. The lowest BCUT2D eigenvalue weighted by Gasteiger charge is -2.27. The molecule has 0 aliphatic carbocycles. The van der Waals surface area contributed by atoms with E-state index in [4.69, 9.17) is 17.3 Å². The number of carbonyl (C=O) groups excluding carboxylic acids is 1. The van der Waals surface area contributed by atoms with Gasteiger partial charge in [-0.1, -0.05) is 17.7 Å². The zero-order valence-electron chi connectivity index (χ0n) is 7.27. The van der Waals surface area contributed by atoms with Crippen LogP contribution < -0.4 is 10.8 Å². The molecule has 0 bridgehead atoms. The lowest BCUT2D eigenvalue weighted by Crippen LogP contribution is -2.47. The molecule has 1 amide bonds. The Morgan fingerprint density at radius 3 is 3.00 bits per heavy atom. The number of amides is 1. The van der Waals surface area contributed by atoms with Crippen molar-refractivity contribution in [3.63, 3.8) is 0 Å². The number of hydroxylamine groups is 1. The summed E-state index contributed by atoms with van der Waals surface area (Å²) in [7, 11) is 0. The Morgan fingerprint density at radius 1 is 1.57 bits per heavy atom. The van der Waals surface area contributed by atoms with E-state index in [9.17, 15) is 10.0 Å². The zero-order valence-corrected chi connectivity index (χ0v) is 8.03. The average molecular weight is 213 g/mol. The minimum absolute atomic E-state index is 0.421. The molecule has 0 fully saturated rings. The SMILES string of the molecule is N[C@@H]1Cc2ccc(Cl)cc2N(O)C1=O. The number of fused-ring (bicyclic) bond motifs is 1. The molecule has 1 aliphatic rings. The minimum atomic E-state index is -0.673. The number of nitrogens with zero attached hydrogens (tertiary/aromatic N) is 1. The first-order valence-electron chi connectivity index (χ1n) is 4.16. The molecule has 0 spiro atoms. The zero-order chi connectivity index (χ0) is 10.3. The van der Waals surface area contributed by atoms with Crippen LogP contribution in [0.1, 0.15) is 5.56 Å². The molecule has 1 atom stereocenters. The number of benzene rings is 1. The Balaban J connectivity index is 2.51. The van der Waals surface area contributed by atoms with Crippen molar-refractivity contribution < 1.29 is 10.0 Å². The van der Waals surface area contributed by atoms with E-state index in [0.717, 1.165) is 5.56 Å². The summed E-state index contributed by atoms with van der Waals surface area (Å²) in [5.74, 6) is -0.500. The van der Waals surface area contributed by atoms with Crippen LogP contribution in [0.5, 0.6) is 0 Å². The maximum absolute atomic E-state index is 11.3. The van der Waals surface area contributed by atoms with Crippen LogP contribution in [0.25, 0.3) is 0 Å². The van der Waals surface area contributed by atoms with Crippen LogP contribution in [0.4, 0.5) is 5.69 Å². The van der Waals surface area contributed by atoms with E-state index in [2.05, 4.69) is 0 Å². The Hall–Kier alpha value is -1.10. The number of rotatable bonds is 0. The molecule has 1 aromatic rings. The average Bonchev–Trinajstić information content (AvgIpc) is 2.16. The van der Waals surface area contributed by atoms with E-state index in [-0.39, 0.29) is 0 Å². The third-order valence-corrected chi connectivity index (χ3v) is 2.48. The number of halogens is 1. The normalized spacial score (nSPS) is 20.9. The third-order valence-electron chi connectivity index (χ3n) is 2.24. The Kier molecular flexibility index (Phi) is 2.19. The van der Waals surface area contributed by atoms with Crippen molar-refractivity contribution in [2.75, 3.05) is 5.06 Å². The van der Waals surface area contributed by atoms with Crippen LogP contribution in [-0.4, -0.2) is 17.2 Å². The van der Waals surface area contributed by atoms with E-state index in [1.54, 1.807) is 18.2 Å². The van der Waals surface area contributed by atoms with Crippen LogP contribution in [0.2, 0.25) is 5.02 Å². The fraction of sp³-hybridized carbons (Fsp3) is 0.222. The molecule has 0 saturated carbocycles. The number of hydrogen-bond donors (Lipinski definition) is 2. The van der Waals surface area contributed by atoms with Gasteiger partial charge in [0.05, 0.1) is 11.7 Å². The predicted molar refractivity (Wildman–Crippen MR) is 52.4 cm³/mol. The standard InChI is InChI=1S/C9H9ClN2O2/c10-6-2-1-5-3-7(11)9(13)12(14)8(5)4-6/h1-2,4,7,14H,3,11H2/t7-/m1/s1. The molecular formula is C9H9ClN2O2. The van der Waals surface area contributed by atoms with Crippen LogP contribution in [0.15, 0.2) is 18.2 Å². The largest absolute Gasteiger partial charge is 0.320 e. The van der Waals surface area contributed by atoms with E-state index in [1.165, 1.54) is 0 Å². The first-order valence-corrected chi connectivity index (χ1v) is 4.54. The van der Waals surface area contributed by atoms with Gasteiger partial charge in [0.2, 0.25) is 0 Å². The van der Waals surface area contributed by atoms with Gasteiger partial charge in [0.15, 0.2) is 0 Å². The Morgan fingerprint density at radius 2 is 2.29 bits per heavy atom. The Bertz CT molecular complexity index is 394. The maximum atomic E-state index is 11.3. The monoisotopic (exact) mass is 212 g/mol. The summed E-state index contributed by atoms with van der Waals surface area (Å²) in [5.41, 5.74) is 6.78. The molecule has 1 heterocycles. The molecular weight excluding hydrogens is 204 g/mol. The molecule has 0 unspecified atom stereocenters. The summed E-state index contributed by atoms with van der Waals surface area (Å²) < 4.78 is 0. The Labute approximate surface area is 85.8 Å². The summed E-state index contributed by atoms with van der Waals surface area (Å²) in [5, 5.41) is 10.5. The van der Waals surface area contributed by atoms with Gasteiger partial charge in [0.1, 0.15) is 0 Å². The molecule has 4 nitrogen and oxygen atoms in total. The van der Waals surface area contributed by atoms with Gasteiger partial charge in [-0.2, -0.15) is 5.06 Å².